The standard InChI is InChI=1S/C18H24ClN3OS/c1-21-17(22(13-23)16-11-7-6-10-15(16)19)12-24-18(21)20-14-8-4-2-3-5-9-14/h6-7,10-11,13-14,17H,2-5,8-9,12H2,1H3. The third kappa shape index (κ3) is 3.89. The van der Waals surface area contributed by atoms with Crippen LogP contribution < -0.4 is 4.90 Å². The van der Waals surface area contributed by atoms with Crippen molar-refractivity contribution in [3.05, 3.63) is 29.3 Å². The van der Waals surface area contributed by atoms with E-state index in [2.05, 4.69) is 4.90 Å². The SMILES string of the molecule is CN1C(=NC2CCCCCC2)SCC1N(C=O)c1ccccc1Cl. The van der Waals surface area contributed by atoms with Crippen LogP contribution in [0.25, 0.3) is 0 Å². The third-order valence-corrected chi connectivity index (χ3v) is 6.23. The molecular formula is C18H24ClN3OS. The van der Waals surface area contributed by atoms with E-state index in [9.17, 15) is 4.79 Å². The Kier molecular flexibility index (Phi) is 6.06. The summed E-state index contributed by atoms with van der Waals surface area (Å²) >= 11 is 8.01. The summed E-state index contributed by atoms with van der Waals surface area (Å²) in [7, 11) is 2.02. The molecule has 2 aliphatic rings. The van der Waals surface area contributed by atoms with Crippen LogP contribution in [-0.4, -0.2) is 41.5 Å². The first-order valence-electron chi connectivity index (χ1n) is 8.62. The van der Waals surface area contributed by atoms with Crippen molar-refractivity contribution in [2.24, 2.45) is 4.99 Å². The van der Waals surface area contributed by atoms with Crippen molar-refractivity contribution in [3.63, 3.8) is 0 Å². The van der Waals surface area contributed by atoms with E-state index in [0.29, 0.717) is 11.1 Å². The molecule has 0 spiro atoms. The number of halogens is 1. The number of anilines is 1. The molecule has 1 amide bonds. The molecule has 1 aromatic carbocycles. The number of amides is 1. The van der Waals surface area contributed by atoms with Gasteiger partial charge in [-0.15, -0.1) is 0 Å². The zero-order valence-corrected chi connectivity index (χ0v) is 15.6. The Labute approximate surface area is 153 Å². The summed E-state index contributed by atoms with van der Waals surface area (Å²) in [5, 5.41) is 1.64. The normalized spacial score (nSPS) is 24.2. The largest absolute Gasteiger partial charge is 0.333 e. The van der Waals surface area contributed by atoms with E-state index in [-0.39, 0.29) is 6.17 Å². The summed E-state index contributed by atoms with van der Waals surface area (Å²) in [6.07, 6.45) is 8.42. The highest BCUT2D eigenvalue weighted by atomic mass is 35.5. The number of aliphatic imine (C=N–C) groups is 1. The van der Waals surface area contributed by atoms with E-state index >= 15 is 0 Å². The fourth-order valence-corrected chi connectivity index (χ4v) is 4.84. The summed E-state index contributed by atoms with van der Waals surface area (Å²) in [4.78, 5) is 20.5. The lowest BCUT2D eigenvalue weighted by molar-refractivity contribution is -0.108. The Hall–Kier alpha value is -1.20. The van der Waals surface area contributed by atoms with Crippen LogP contribution in [0.15, 0.2) is 29.3 Å². The van der Waals surface area contributed by atoms with Gasteiger partial charge in [0.25, 0.3) is 0 Å². The fraction of sp³-hybridized carbons (Fsp3) is 0.556. The van der Waals surface area contributed by atoms with Gasteiger partial charge in [0.05, 0.1) is 16.8 Å². The fourth-order valence-electron chi connectivity index (χ4n) is 3.38. The van der Waals surface area contributed by atoms with Gasteiger partial charge in [0.15, 0.2) is 5.17 Å². The molecule has 3 rings (SSSR count). The number of para-hydroxylation sites is 1. The summed E-state index contributed by atoms with van der Waals surface area (Å²) in [5.74, 6) is 0.812. The van der Waals surface area contributed by atoms with E-state index in [0.717, 1.165) is 23.0 Å². The van der Waals surface area contributed by atoms with Crippen molar-refractivity contribution in [1.82, 2.24) is 4.90 Å². The van der Waals surface area contributed by atoms with Crippen molar-refractivity contribution in [1.29, 1.82) is 0 Å². The number of carbonyl (C=O) groups excluding carboxylic acids is 1. The highest BCUT2D eigenvalue weighted by molar-refractivity contribution is 8.14. The first-order valence-corrected chi connectivity index (χ1v) is 9.98. The van der Waals surface area contributed by atoms with Crippen LogP contribution in [0.5, 0.6) is 0 Å². The van der Waals surface area contributed by atoms with E-state index in [4.69, 9.17) is 16.6 Å². The van der Waals surface area contributed by atoms with Crippen LogP contribution >= 0.6 is 23.4 Å². The Balaban J connectivity index is 1.76. The van der Waals surface area contributed by atoms with Crippen molar-refractivity contribution in [3.8, 4) is 0 Å². The maximum absolute atomic E-state index is 11.7. The molecule has 1 saturated heterocycles. The molecule has 2 fully saturated rings. The minimum absolute atomic E-state index is 0.0445. The molecule has 1 aliphatic heterocycles. The maximum Gasteiger partial charge on any atom is 0.215 e. The van der Waals surface area contributed by atoms with Gasteiger partial charge < -0.3 is 4.90 Å². The number of amidine groups is 1. The van der Waals surface area contributed by atoms with Crippen LogP contribution in [-0.2, 0) is 4.79 Å². The Bertz CT molecular complexity index is 602. The lowest BCUT2D eigenvalue weighted by Crippen LogP contribution is -2.45. The Morgan fingerprint density at radius 1 is 1.25 bits per heavy atom. The quantitative estimate of drug-likeness (QED) is 0.586. The molecule has 0 N–H and O–H groups in total. The second kappa shape index (κ2) is 8.26. The van der Waals surface area contributed by atoms with Gasteiger partial charge in [-0.2, -0.15) is 0 Å². The zero-order valence-electron chi connectivity index (χ0n) is 14.0. The molecule has 0 bridgehead atoms. The molecule has 24 heavy (non-hydrogen) atoms. The molecule has 1 heterocycles. The van der Waals surface area contributed by atoms with Gasteiger partial charge >= 0.3 is 0 Å². The Morgan fingerprint density at radius 3 is 2.62 bits per heavy atom. The van der Waals surface area contributed by atoms with Crippen LogP contribution in [0.1, 0.15) is 38.5 Å². The highest BCUT2D eigenvalue weighted by Crippen LogP contribution is 2.32. The summed E-state index contributed by atoms with van der Waals surface area (Å²) in [5.41, 5.74) is 0.752. The van der Waals surface area contributed by atoms with Crippen molar-refractivity contribution in [2.45, 2.75) is 50.7 Å². The summed E-state index contributed by atoms with van der Waals surface area (Å²) in [6, 6.07) is 7.91. The molecule has 1 aromatic rings. The van der Waals surface area contributed by atoms with Crippen molar-refractivity contribution < 1.29 is 4.79 Å². The second-order valence-corrected chi connectivity index (χ2v) is 7.82. The van der Waals surface area contributed by atoms with Crippen LogP contribution in [0.3, 0.4) is 0 Å². The predicted molar refractivity (Wildman–Crippen MR) is 103 cm³/mol. The van der Waals surface area contributed by atoms with E-state index < -0.39 is 0 Å². The number of rotatable bonds is 4. The molecule has 0 radical (unpaired) electrons. The van der Waals surface area contributed by atoms with Gasteiger partial charge in [0.1, 0.15) is 6.17 Å². The molecule has 1 atom stereocenters. The lowest BCUT2D eigenvalue weighted by atomic mass is 10.1. The van der Waals surface area contributed by atoms with Gasteiger partial charge in [0, 0.05) is 12.8 Å². The van der Waals surface area contributed by atoms with Gasteiger partial charge in [-0.1, -0.05) is 61.2 Å². The number of hydrogen-bond acceptors (Lipinski definition) is 3. The third-order valence-electron chi connectivity index (χ3n) is 4.79. The highest BCUT2D eigenvalue weighted by Gasteiger charge is 2.33. The van der Waals surface area contributed by atoms with Gasteiger partial charge in [0.2, 0.25) is 6.41 Å². The predicted octanol–water partition coefficient (Wildman–Crippen LogP) is 4.39. The first kappa shape index (κ1) is 17.6. The van der Waals surface area contributed by atoms with Gasteiger partial charge in [-0.3, -0.25) is 14.7 Å². The summed E-state index contributed by atoms with van der Waals surface area (Å²) in [6.45, 7) is 0. The molecule has 1 unspecified atom stereocenters. The van der Waals surface area contributed by atoms with E-state index in [1.807, 2.05) is 31.3 Å². The first-order chi connectivity index (χ1) is 11.7. The van der Waals surface area contributed by atoms with Gasteiger partial charge in [-0.05, 0) is 25.0 Å². The smallest absolute Gasteiger partial charge is 0.215 e. The number of carbonyl (C=O) groups is 1. The minimum atomic E-state index is -0.0445. The number of nitrogens with zero attached hydrogens (tertiary/aromatic N) is 3. The molecule has 1 aliphatic carbocycles. The van der Waals surface area contributed by atoms with E-state index in [1.54, 1.807) is 16.7 Å². The lowest BCUT2D eigenvalue weighted by Gasteiger charge is -2.31. The van der Waals surface area contributed by atoms with Crippen molar-refractivity contribution in [2.75, 3.05) is 17.7 Å². The zero-order chi connectivity index (χ0) is 16.9. The number of thioether (sulfide) groups is 1. The number of hydrogen-bond donors (Lipinski definition) is 0. The monoisotopic (exact) mass is 365 g/mol. The molecule has 0 aromatic heterocycles. The molecule has 130 valence electrons. The summed E-state index contributed by atoms with van der Waals surface area (Å²) < 4.78 is 0. The topological polar surface area (TPSA) is 35.9 Å². The van der Waals surface area contributed by atoms with Crippen LogP contribution in [0, 0.1) is 0 Å². The molecule has 4 nitrogen and oxygen atoms in total. The van der Waals surface area contributed by atoms with Gasteiger partial charge in [-0.25, -0.2) is 0 Å². The van der Waals surface area contributed by atoms with Crippen LogP contribution in [0.4, 0.5) is 5.69 Å². The Morgan fingerprint density at radius 2 is 1.96 bits per heavy atom. The van der Waals surface area contributed by atoms with Crippen molar-refractivity contribution >= 4 is 40.6 Å². The van der Waals surface area contributed by atoms with E-state index in [1.165, 1.54) is 38.5 Å². The molecule has 6 heteroatoms. The number of benzene rings is 1. The minimum Gasteiger partial charge on any atom is -0.333 e. The average Bonchev–Trinajstić information content (AvgIpc) is 2.78. The maximum atomic E-state index is 11.7. The second-order valence-electron chi connectivity index (χ2n) is 6.42. The molecule has 1 saturated carbocycles. The molecular weight excluding hydrogens is 342 g/mol. The average molecular weight is 366 g/mol. The van der Waals surface area contributed by atoms with Crippen LogP contribution in [0.2, 0.25) is 5.02 Å².